The Kier molecular flexibility index (Phi) is 5.63. The van der Waals surface area contributed by atoms with Crippen LogP contribution in [-0.2, 0) is 0 Å². The standard InChI is InChI=1S/C15H20F4N2O/c1-12(15(17,18)19)21-8-6-20(7-9-21)10-11-22-14-5-3-2-4-13(14)16/h2-5,12H,6-11H2,1H3/t12-/m1/s1. The lowest BCUT2D eigenvalue weighted by molar-refractivity contribution is -0.182. The molecule has 0 saturated carbocycles. The number of rotatable bonds is 5. The van der Waals surface area contributed by atoms with Gasteiger partial charge in [0.25, 0.3) is 0 Å². The summed E-state index contributed by atoms with van der Waals surface area (Å²) in [4.78, 5) is 3.47. The summed E-state index contributed by atoms with van der Waals surface area (Å²) in [5.41, 5.74) is 0. The van der Waals surface area contributed by atoms with Gasteiger partial charge in [0.1, 0.15) is 12.6 Å². The average molecular weight is 320 g/mol. The molecule has 1 aromatic carbocycles. The van der Waals surface area contributed by atoms with Crippen molar-refractivity contribution in [2.24, 2.45) is 0 Å². The normalized spacial score (nSPS) is 19.1. The van der Waals surface area contributed by atoms with Crippen LogP contribution in [0.4, 0.5) is 17.6 Å². The number of hydrogen-bond donors (Lipinski definition) is 0. The summed E-state index contributed by atoms with van der Waals surface area (Å²) >= 11 is 0. The quantitative estimate of drug-likeness (QED) is 0.776. The van der Waals surface area contributed by atoms with Crippen LogP contribution in [0.1, 0.15) is 6.92 Å². The van der Waals surface area contributed by atoms with E-state index in [9.17, 15) is 17.6 Å². The molecule has 1 atom stereocenters. The second-order valence-electron chi connectivity index (χ2n) is 5.37. The van der Waals surface area contributed by atoms with Gasteiger partial charge in [-0.2, -0.15) is 13.2 Å². The molecule has 22 heavy (non-hydrogen) atoms. The minimum absolute atomic E-state index is 0.201. The van der Waals surface area contributed by atoms with E-state index in [1.54, 1.807) is 18.2 Å². The highest BCUT2D eigenvalue weighted by atomic mass is 19.4. The van der Waals surface area contributed by atoms with Crippen molar-refractivity contribution in [2.75, 3.05) is 39.3 Å². The summed E-state index contributed by atoms with van der Waals surface area (Å²) in [7, 11) is 0. The van der Waals surface area contributed by atoms with E-state index in [-0.39, 0.29) is 5.75 Å². The molecule has 3 nitrogen and oxygen atoms in total. The predicted molar refractivity (Wildman–Crippen MR) is 75.4 cm³/mol. The number of ether oxygens (including phenoxy) is 1. The van der Waals surface area contributed by atoms with E-state index in [0.29, 0.717) is 39.3 Å². The van der Waals surface area contributed by atoms with Crippen molar-refractivity contribution in [3.8, 4) is 5.75 Å². The van der Waals surface area contributed by atoms with Crippen LogP contribution in [-0.4, -0.2) is 61.3 Å². The number of piperazine rings is 1. The van der Waals surface area contributed by atoms with Gasteiger partial charge in [0, 0.05) is 32.7 Å². The highest BCUT2D eigenvalue weighted by molar-refractivity contribution is 5.23. The zero-order valence-electron chi connectivity index (χ0n) is 12.4. The van der Waals surface area contributed by atoms with Gasteiger partial charge in [0.15, 0.2) is 11.6 Å². The summed E-state index contributed by atoms with van der Waals surface area (Å²) in [6, 6.07) is 4.74. The molecular formula is C15H20F4N2O. The Bertz CT molecular complexity index is 473. The van der Waals surface area contributed by atoms with Crippen molar-refractivity contribution in [1.29, 1.82) is 0 Å². The molecule has 0 N–H and O–H groups in total. The van der Waals surface area contributed by atoms with Crippen LogP contribution in [0.25, 0.3) is 0 Å². The molecule has 124 valence electrons. The maximum absolute atomic E-state index is 13.4. The molecule has 1 aliphatic heterocycles. The van der Waals surface area contributed by atoms with Crippen LogP contribution >= 0.6 is 0 Å². The first-order valence-electron chi connectivity index (χ1n) is 7.28. The molecule has 1 fully saturated rings. The van der Waals surface area contributed by atoms with Crippen molar-refractivity contribution in [3.05, 3.63) is 30.1 Å². The lowest BCUT2D eigenvalue weighted by Gasteiger charge is -2.38. The van der Waals surface area contributed by atoms with Gasteiger partial charge in [-0.05, 0) is 19.1 Å². The van der Waals surface area contributed by atoms with Crippen LogP contribution in [0.3, 0.4) is 0 Å². The Morgan fingerprint density at radius 3 is 2.36 bits per heavy atom. The Balaban J connectivity index is 1.71. The molecule has 1 saturated heterocycles. The van der Waals surface area contributed by atoms with Gasteiger partial charge in [0.2, 0.25) is 0 Å². The minimum atomic E-state index is -4.18. The molecule has 1 heterocycles. The van der Waals surface area contributed by atoms with Crippen LogP contribution in [0.2, 0.25) is 0 Å². The van der Waals surface area contributed by atoms with Gasteiger partial charge in [-0.15, -0.1) is 0 Å². The Morgan fingerprint density at radius 2 is 1.77 bits per heavy atom. The molecule has 0 aromatic heterocycles. The fraction of sp³-hybridized carbons (Fsp3) is 0.600. The van der Waals surface area contributed by atoms with Crippen molar-refractivity contribution in [2.45, 2.75) is 19.1 Å². The maximum atomic E-state index is 13.4. The summed E-state index contributed by atoms with van der Waals surface area (Å²) in [6.45, 7) is 3.94. The molecule has 1 aliphatic rings. The number of alkyl halides is 3. The first-order chi connectivity index (χ1) is 10.4. The average Bonchev–Trinajstić information content (AvgIpc) is 2.48. The van der Waals surface area contributed by atoms with E-state index < -0.39 is 18.0 Å². The first-order valence-corrected chi connectivity index (χ1v) is 7.28. The third-order valence-electron chi connectivity index (χ3n) is 3.93. The summed E-state index contributed by atoms with van der Waals surface area (Å²) in [6.07, 6.45) is -4.18. The zero-order chi connectivity index (χ0) is 16.2. The van der Waals surface area contributed by atoms with Gasteiger partial charge in [-0.3, -0.25) is 9.80 Å². The van der Waals surface area contributed by atoms with Crippen molar-refractivity contribution >= 4 is 0 Å². The van der Waals surface area contributed by atoms with Crippen molar-refractivity contribution < 1.29 is 22.3 Å². The number of benzene rings is 1. The number of hydrogen-bond acceptors (Lipinski definition) is 3. The molecule has 7 heteroatoms. The molecular weight excluding hydrogens is 300 g/mol. The van der Waals surface area contributed by atoms with Gasteiger partial charge >= 0.3 is 6.18 Å². The van der Waals surface area contributed by atoms with E-state index >= 15 is 0 Å². The van der Waals surface area contributed by atoms with Gasteiger partial charge in [0.05, 0.1) is 0 Å². The molecule has 0 radical (unpaired) electrons. The maximum Gasteiger partial charge on any atom is 0.403 e. The van der Waals surface area contributed by atoms with Gasteiger partial charge in [-0.25, -0.2) is 4.39 Å². The predicted octanol–water partition coefficient (Wildman–Crippen LogP) is 2.77. The fourth-order valence-corrected chi connectivity index (χ4v) is 2.43. The third kappa shape index (κ3) is 4.58. The lowest BCUT2D eigenvalue weighted by atomic mass is 10.2. The largest absolute Gasteiger partial charge is 0.489 e. The second-order valence-corrected chi connectivity index (χ2v) is 5.37. The fourth-order valence-electron chi connectivity index (χ4n) is 2.43. The summed E-state index contributed by atoms with van der Waals surface area (Å²) in [5, 5.41) is 0. The smallest absolute Gasteiger partial charge is 0.403 e. The number of nitrogens with zero attached hydrogens (tertiary/aromatic N) is 2. The molecule has 1 aromatic rings. The molecule has 0 amide bonds. The van der Waals surface area contributed by atoms with Crippen LogP contribution in [0.5, 0.6) is 5.75 Å². The van der Waals surface area contributed by atoms with E-state index in [4.69, 9.17) is 4.74 Å². The third-order valence-corrected chi connectivity index (χ3v) is 3.93. The second kappa shape index (κ2) is 7.28. The van der Waals surface area contributed by atoms with E-state index in [2.05, 4.69) is 0 Å². The SMILES string of the molecule is C[C@@H](N1CCN(CCOc2ccccc2F)CC1)C(F)(F)F. The molecule has 0 aliphatic carbocycles. The highest BCUT2D eigenvalue weighted by Gasteiger charge is 2.40. The Labute approximate surface area is 127 Å². The molecule has 0 unspecified atom stereocenters. The molecule has 0 spiro atoms. The summed E-state index contributed by atoms with van der Waals surface area (Å²) < 4.78 is 56.7. The lowest BCUT2D eigenvalue weighted by Crippen LogP contribution is -2.54. The summed E-state index contributed by atoms with van der Waals surface area (Å²) in [5.74, 6) is -0.210. The Morgan fingerprint density at radius 1 is 1.14 bits per heavy atom. The van der Waals surface area contributed by atoms with Crippen LogP contribution in [0.15, 0.2) is 24.3 Å². The van der Waals surface area contributed by atoms with Crippen LogP contribution < -0.4 is 4.74 Å². The molecule has 0 bridgehead atoms. The van der Waals surface area contributed by atoms with Gasteiger partial charge < -0.3 is 4.74 Å². The zero-order valence-corrected chi connectivity index (χ0v) is 12.4. The monoisotopic (exact) mass is 320 g/mol. The molecule has 2 rings (SSSR count). The Hall–Kier alpha value is -1.34. The van der Waals surface area contributed by atoms with Crippen LogP contribution in [0, 0.1) is 5.82 Å². The number of halogens is 4. The first kappa shape index (κ1) is 17.0. The van der Waals surface area contributed by atoms with Crippen molar-refractivity contribution in [3.63, 3.8) is 0 Å². The van der Waals surface area contributed by atoms with E-state index in [1.807, 2.05) is 4.90 Å². The van der Waals surface area contributed by atoms with E-state index in [0.717, 1.165) is 0 Å². The van der Waals surface area contributed by atoms with E-state index in [1.165, 1.54) is 17.9 Å². The minimum Gasteiger partial charge on any atom is -0.489 e. The van der Waals surface area contributed by atoms with Crippen molar-refractivity contribution in [1.82, 2.24) is 9.80 Å². The topological polar surface area (TPSA) is 15.7 Å². The highest BCUT2D eigenvalue weighted by Crippen LogP contribution is 2.25. The van der Waals surface area contributed by atoms with Gasteiger partial charge in [-0.1, -0.05) is 12.1 Å². The number of para-hydroxylation sites is 1.